The van der Waals surface area contributed by atoms with Gasteiger partial charge in [0.05, 0.1) is 5.60 Å². The highest BCUT2D eigenvalue weighted by molar-refractivity contribution is 5.75. The van der Waals surface area contributed by atoms with Crippen molar-refractivity contribution >= 4 is 5.57 Å². The fraction of sp³-hybridized carbons (Fsp3) is 0.545. The van der Waals surface area contributed by atoms with Crippen LogP contribution in [0.3, 0.4) is 0 Å². The number of hydrogen-bond donors (Lipinski definition) is 1. The summed E-state index contributed by atoms with van der Waals surface area (Å²) in [5.74, 6) is 0. The van der Waals surface area contributed by atoms with Crippen molar-refractivity contribution in [3.05, 3.63) is 54.1 Å². The third kappa shape index (κ3) is 6.35. The lowest BCUT2D eigenvalue weighted by atomic mass is 9.85. The molecule has 0 saturated heterocycles. The molecule has 23 heavy (non-hydrogen) atoms. The van der Waals surface area contributed by atoms with E-state index in [0.29, 0.717) is 0 Å². The van der Waals surface area contributed by atoms with E-state index in [-0.39, 0.29) is 0 Å². The lowest BCUT2D eigenvalue weighted by Crippen LogP contribution is -2.26. The first-order chi connectivity index (χ1) is 11.2. The predicted octanol–water partition coefficient (Wildman–Crippen LogP) is 6.29. The molecule has 1 atom stereocenters. The van der Waals surface area contributed by atoms with Crippen LogP contribution in [0, 0.1) is 0 Å². The van der Waals surface area contributed by atoms with Crippen molar-refractivity contribution in [3.8, 4) is 0 Å². The summed E-state index contributed by atoms with van der Waals surface area (Å²) in [5, 5.41) is 10.7. The highest BCUT2D eigenvalue weighted by atomic mass is 16.3. The van der Waals surface area contributed by atoms with E-state index in [1.165, 1.54) is 56.1 Å². The van der Waals surface area contributed by atoms with Gasteiger partial charge in [0, 0.05) is 0 Å². The van der Waals surface area contributed by atoms with Gasteiger partial charge < -0.3 is 5.11 Å². The normalized spacial score (nSPS) is 20.5. The molecule has 1 nitrogen and oxygen atoms in total. The van der Waals surface area contributed by atoms with Crippen LogP contribution in [0.1, 0.15) is 76.7 Å². The van der Waals surface area contributed by atoms with Crippen molar-refractivity contribution in [2.75, 3.05) is 0 Å². The molecule has 1 aromatic rings. The molecule has 2 rings (SSSR count). The Morgan fingerprint density at radius 1 is 0.913 bits per heavy atom. The molecule has 0 amide bonds. The number of hydrogen-bond acceptors (Lipinski definition) is 1. The van der Waals surface area contributed by atoms with Gasteiger partial charge in [-0.05, 0) is 24.0 Å². The van der Waals surface area contributed by atoms with Gasteiger partial charge in [-0.15, -0.1) is 0 Å². The first-order valence-electron chi connectivity index (χ1n) is 9.41. The van der Waals surface area contributed by atoms with Crippen LogP contribution in [0.5, 0.6) is 0 Å². The van der Waals surface area contributed by atoms with Crippen molar-refractivity contribution < 1.29 is 5.11 Å². The minimum Gasteiger partial charge on any atom is -0.385 e. The van der Waals surface area contributed by atoms with Gasteiger partial charge in [0.15, 0.2) is 0 Å². The molecule has 1 aromatic carbocycles. The zero-order chi connectivity index (χ0) is 16.4. The van der Waals surface area contributed by atoms with Crippen LogP contribution < -0.4 is 0 Å². The van der Waals surface area contributed by atoms with Crippen LogP contribution in [0.15, 0.2) is 48.6 Å². The highest BCUT2D eigenvalue weighted by Crippen LogP contribution is 2.30. The smallest absolute Gasteiger partial charge is 0.0865 e. The van der Waals surface area contributed by atoms with Crippen LogP contribution in [-0.2, 0) is 0 Å². The molecular formula is C22H32O. The highest BCUT2D eigenvalue weighted by Gasteiger charge is 2.24. The molecule has 0 radical (unpaired) electrons. The topological polar surface area (TPSA) is 20.2 Å². The molecular weight excluding hydrogens is 280 g/mol. The maximum atomic E-state index is 10.7. The SMILES string of the molecule is CCCCCCCCCCC1(O)C=CC(c2ccccc2)=CC1. The largest absolute Gasteiger partial charge is 0.385 e. The average Bonchev–Trinajstić information content (AvgIpc) is 2.59. The Balaban J connectivity index is 1.65. The summed E-state index contributed by atoms with van der Waals surface area (Å²) in [7, 11) is 0. The fourth-order valence-corrected chi connectivity index (χ4v) is 3.26. The maximum absolute atomic E-state index is 10.7. The monoisotopic (exact) mass is 312 g/mol. The van der Waals surface area contributed by atoms with E-state index in [9.17, 15) is 5.11 Å². The van der Waals surface area contributed by atoms with Crippen LogP contribution in [-0.4, -0.2) is 10.7 Å². The molecule has 0 aliphatic heterocycles. The molecule has 0 aromatic heterocycles. The van der Waals surface area contributed by atoms with Crippen LogP contribution in [0.4, 0.5) is 0 Å². The summed E-state index contributed by atoms with van der Waals surface area (Å²) in [6.45, 7) is 2.26. The second kappa shape index (κ2) is 9.72. The lowest BCUT2D eigenvalue weighted by Gasteiger charge is -2.26. The number of benzene rings is 1. The van der Waals surface area contributed by atoms with E-state index in [2.05, 4.69) is 43.3 Å². The molecule has 0 bridgehead atoms. The summed E-state index contributed by atoms with van der Waals surface area (Å²) in [4.78, 5) is 0. The third-order valence-corrected chi connectivity index (χ3v) is 4.82. The van der Waals surface area contributed by atoms with E-state index in [0.717, 1.165) is 19.3 Å². The Morgan fingerprint density at radius 2 is 1.57 bits per heavy atom. The number of unbranched alkanes of at least 4 members (excludes halogenated alkanes) is 7. The van der Waals surface area contributed by atoms with Gasteiger partial charge >= 0.3 is 0 Å². The van der Waals surface area contributed by atoms with Gasteiger partial charge in [0.1, 0.15) is 0 Å². The Bertz CT molecular complexity index is 500. The first kappa shape index (κ1) is 18.0. The van der Waals surface area contributed by atoms with E-state index < -0.39 is 5.60 Å². The molecule has 1 aliphatic carbocycles. The number of aliphatic hydroxyl groups is 1. The van der Waals surface area contributed by atoms with Gasteiger partial charge in [0.2, 0.25) is 0 Å². The zero-order valence-electron chi connectivity index (χ0n) is 14.6. The van der Waals surface area contributed by atoms with Gasteiger partial charge in [-0.1, -0.05) is 107 Å². The molecule has 1 unspecified atom stereocenters. The molecule has 126 valence electrons. The van der Waals surface area contributed by atoms with Gasteiger partial charge in [-0.25, -0.2) is 0 Å². The van der Waals surface area contributed by atoms with Gasteiger partial charge in [-0.2, -0.15) is 0 Å². The molecule has 0 heterocycles. The number of rotatable bonds is 10. The number of allylic oxidation sites excluding steroid dienone is 2. The maximum Gasteiger partial charge on any atom is 0.0865 e. The van der Waals surface area contributed by atoms with Crippen molar-refractivity contribution in [2.45, 2.75) is 76.7 Å². The summed E-state index contributed by atoms with van der Waals surface area (Å²) in [5.41, 5.74) is 1.84. The molecule has 1 aliphatic rings. The van der Waals surface area contributed by atoms with Crippen LogP contribution >= 0.6 is 0 Å². The van der Waals surface area contributed by atoms with E-state index in [4.69, 9.17) is 0 Å². The second-order valence-corrected chi connectivity index (χ2v) is 6.89. The Kier molecular flexibility index (Phi) is 7.61. The predicted molar refractivity (Wildman–Crippen MR) is 100 cm³/mol. The minimum atomic E-state index is -0.625. The molecule has 1 N–H and O–H groups in total. The quantitative estimate of drug-likeness (QED) is 0.503. The van der Waals surface area contributed by atoms with Crippen molar-refractivity contribution in [3.63, 3.8) is 0 Å². The molecule has 0 saturated carbocycles. The average molecular weight is 312 g/mol. The van der Waals surface area contributed by atoms with Gasteiger partial charge in [0.25, 0.3) is 0 Å². The Labute approximate surface area is 142 Å². The van der Waals surface area contributed by atoms with E-state index >= 15 is 0 Å². The lowest BCUT2D eigenvalue weighted by molar-refractivity contribution is 0.0806. The molecule has 0 spiro atoms. The standard InChI is InChI=1S/C22H32O/c1-2-3-4-5-6-7-8-12-17-22(23)18-15-21(16-19-22)20-13-10-9-11-14-20/h9-11,13-16,18,23H,2-8,12,17,19H2,1H3. The van der Waals surface area contributed by atoms with Crippen LogP contribution in [0.2, 0.25) is 0 Å². The summed E-state index contributed by atoms with van der Waals surface area (Å²) in [6.07, 6.45) is 18.4. The van der Waals surface area contributed by atoms with E-state index in [1.54, 1.807) is 0 Å². The Morgan fingerprint density at radius 3 is 2.17 bits per heavy atom. The van der Waals surface area contributed by atoms with Crippen LogP contribution in [0.25, 0.3) is 5.57 Å². The molecule has 1 heteroatoms. The van der Waals surface area contributed by atoms with E-state index in [1.807, 2.05) is 12.1 Å². The van der Waals surface area contributed by atoms with Crippen molar-refractivity contribution in [2.24, 2.45) is 0 Å². The second-order valence-electron chi connectivity index (χ2n) is 6.89. The Hall–Kier alpha value is -1.34. The summed E-state index contributed by atoms with van der Waals surface area (Å²) < 4.78 is 0. The summed E-state index contributed by atoms with van der Waals surface area (Å²) in [6, 6.07) is 10.4. The third-order valence-electron chi connectivity index (χ3n) is 4.82. The van der Waals surface area contributed by atoms with Crippen molar-refractivity contribution in [1.82, 2.24) is 0 Å². The minimum absolute atomic E-state index is 0.625. The zero-order valence-corrected chi connectivity index (χ0v) is 14.6. The summed E-state index contributed by atoms with van der Waals surface area (Å²) >= 11 is 0. The molecule has 0 fully saturated rings. The fourth-order valence-electron chi connectivity index (χ4n) is 3.26. The van der Waals surface area contributed by atoms with Gasteiger partial charge in [-0.3, -0.25) is 0 Å². The van der Waals surface area contributed by atoms with Crippen molar-refractivity contribution in [1.29, 1.82) is 0 Å². The first-order valence-corrected chi connectivity index (χ1v) is 9.41.